The summed E-state index contributed by atoms with van der Waals surface area (Å²) in [4.78, 5) is 32.0. The number of carbonyl (C=O) groups excluding carboxylic acids is 1. The molecule has 0 bridgehead atoms. The monoisotopic (exact) mass is 686 g/mol. The molecule has 7 nitrogen and oxygen atoms in total. The highest BCUT2D eigenvalue weighted by atomic mass is 79.9. The van der Waals surface area contributed by atoms with Crippen molar-refractivity contribution in [2.45, 2.75) is 26.5 Å². The van der Waals surface area contributed by atoms with Crippen molar-refractivity contribution < 1.29 is 19.0 Å². The van der Waals surface area contributed by atoms with Crippen LogP contribution in [0.1, 0.15) is 36.6 Å². The summed E-state index contributed by atoms with van der Waals surface area (Å²) in [5.74, 6) is 0.461. The number of aromatic nitrogens is 1. The number of thiazole rings is 1. The number of fused-ring (bicyclic) bond motifs is 1. The van der Waals surface area contributed by atoms with E-state index in [0.29, 0.717) is 52.2 Å². The van der Waals surface area contributed by atoms with Crippen LogP contribution < -0.4 is 24.4 Å². The summed E-state index contributed by atoms with van der Waals surface area (Å²) in [6, 6.07) is 17.6. The van der Waals surface area contributed by atoms with Crippen molar-refractivity contribution in [3.8, 4) is 11.5 Å². The number of hydrogen-bond donors (Lipinski definition) is 0. The van der Waals surface area contributed by atoms with Crippen molar-refractivity contribution in [3.63, 3.8) is 0 Å². The minimum absolute atomic E-state index is 0.199. The Balaban J connectivity index is 1.56. The van der Waals surface area contributed by atoms with E-state index in [1.54, 1.807) is 55.9 Å². The molecule has 0 spiro atoms. The maximum Gasteiger partial charge on any atom is 0.338 e. The normalized spacial score (nSPS) is 14.8. The van der Waals surface area contributed by atoms with Gasteiger partial charge in [-0.25, -0.2) is 9.79 Å². The molecule has 4 aromatic rings. The summed E-state index contributed by atoms with van der Waals surface area (Å²) >= 11 is 17.1. The van der Waals surface area contributed by atoms with Crippen LogP contribution in [-0.2, 0) is 16.1 Å². The topological polar surface area (TPSA) is 79.1 Å². The number of rotatable bonds is 8. The van der Waals surface area contributed by atoms with Crippen LogP contribution in [0.3, 0.4) is 0 Å². The smallest absolute Gasteiger partial charge is 0.338 e. The summed E-state index contributed by atoms with van der Waals surface area (Å²) in [6.45, 7) is 3.92. The highest BCUT2D eigenvalue weighted by Gasteiger charge is 2.33. The second-order valence-electron chi connectivity index (χ2n) is 9.27. The highest BCUT2D eigenvalue weighted by Crippen LogP contribution is 2.38. The fraction of sp³-hybridized carbons (Fsp3) is 0.194. The molecule has 0 saturated carbocycles. The zero-order valence-electron chi connectivity index (χ0n) is 22.8. The first-order chi connectivity index (χ1) is 20.2. The third-order valence-corrected chi connectivity index (χ3v) is 8.73. The van der Waals surface area contributed by atoms with Gasteiger partial charge < -0.3 is 14.2 Å². The van der Waals surface area contributed by atoms with E-state index in [4.69, 9.17) is 37.4 Å². The summed E-state index contributed by atoms with van der Waals surface area (Å²) < 4.78 is 19.7. The molecular weight excluding hydrogens is 663 g/mol. The molecule has 1 atom stereocenters. The Morgan fingerprint density at radius 2 is 1.90 bits per heavy atom. The number of allylic oxidation sites excluding steroid dienone is 1. The molecule has 3 aromatic carbocycles. The molecule has 1 aliphatic heterocycles. The van der Waals surface area contributed by atoms with Crippen molar-refractivity contribution in [1.82, 2.24) is 4.57 Å². The summed E-state index contributed by atoms with van der Waals surface area (Å²) in [5.41, 5.74) is 2.85. The fourth-order valence-electron chi connectivity index (χ4n) is 4.65. The van der Waals surface area contributed by atoms with E-state index < -0.39 is 12.0 Å². The van der Waals surface area contributed by atoms with Crippen LogP contribution in [0, 0.1) is 0 Å². The molecule has 0 amide bonds. The van der Waals surface area contributed by atoms with Crippen molar-refractivity contribution in [1.29, 1.82) is 0 Å². The first kappa shape index (κ1) is 30.1. The van der Waals surface area contributed by atoms with E-state index >= 15 is 0 Å². The van der Waals surface area contributed by atoms with Crippen molar-refractivity contribution in [2.24, 2.45) is 4.99 Å². The van der Waals surface area contributed by atoms with E-state index in [1.165, 1.54) is 11.3 Å². The van der Waals surface area contributed by atoms with Crippen LogP contribution in [0.5, 0.6) is 11.5 Å². The first-order valence-corrected chi connectivity index (χ1v) is 15.3. The maximum absolute atomic E-state index is 13.9. The van der Waals surface area contributed by atoms with Gasteiger partial charge in [0, 0.05) is 15.6 Å². The number of benzene rings is 3. The quantitative estimate of drug-likeness (QED) is 0.199. The highest BCUT2D eigenvalue weighted by molar-refractivity contribution is 9.10. The van der Waals surface area contributed by atoms with Gasteiger partial charge in [0.05, 0.1) is 40.0 Å². The number of methoxy groups -OCH3 is 1. The van der Waals surface area contributed by atoms with Gasteiger partial charge in [-0.05, 0) is 71.2 Å². The lowest BCUT2D eigenvalue weighted by molar-refractivity contribution is -0.139. The average Bonchev–Trinajstić information content (AvgIpc) is 3.26. The van der Waals surface area contributed by atoms with E-state index in [9.17, 15) is 9.59 Å². The lowest BCUT2D eigenvalue weighted by Crippen LogP contribution is -2.39. The van der Waals surface area contributed by atoms with Gasteiger partial charge in [0.1, 0.15) is 6.61 Å². The van der Waals surface area contributed by atoms with Gasteiger partial charge in [0.15, 0.2) is 16.3 Å². The third-order valence-electron chi connectivity index (χ3n) is 6.57. The molecule has 216 valence electrons. The Labute approximate surface area is 264 Å². The Morgan fingerprint density at radius 1 is 1.14 bits per heavy atom. The van der Waals surface area contributed by atoms with Crippen molar-refractivity contribution in [2.75, 3.05) is 13.7 Å². The number of halogens is 3. The molecule has 42 heavy (non-hydrogen) atoms. The summed E-state index contributed by atoms with van der Waals surface area (Å²) in [7, 11) is 1.54. The molecule has 2 heterocycles. The van der Waals surface area contributed by atoms with E-state index in [1.807, 2.05) is 36.4 Å². The molecule has 0 fully saturated rings. The minimum Gasteiger partial charge on any atom is -0.493 e. The van der Waals surface area contributed by atoms with Crippen LogP contribution in [0.15, 0.2) is 86.2 Å². The zero-order valence-corrected chi connectivity index (χ0v) is 26.7. The molecule has 0 saturated heterocycles. The van der Waals surface area contributed by atoms with Gasteiger partial charge in [-0.3, -0.25) is 9.36 Å². The molecule has 0 radical (unpaired) electrons. The van der Waals surface area contributed by atoms with E-state index in [2.05, 4.69) is 20.9 Å². The molecular formula is C31H25BrCl2N2O5S. The fourth-order valence-corrected chi connectivity index (χ4v) is 6.73. The van der Waals surface area contributed by atoms with Crippen molar-refractivity contribution >= 4 is 62.5 Å². The Hall–Kier alpha value is -3.37. The molecule has 1 aromatic heterocycles. The predicted molar refractivity (Wildman–Crippen MR) is 168 cm³/mol. The predicted octanol–water partition coefficient (Wildman–Crippen LogP) is 6.46. The number of ether oxygens (including phenoxy) is 3. The second kappa shape index (κ2) is 12.9. The van der Waals surface area contributed by atoms with Gasteiger partial charge in [0.25, 0.3) is 5.56 Å². The van der Waals surface area contributed by atoms with Gasteiger partial charge in [0.2, 0.25) is 0 Å². The lowest BCUT2D eigenvalue weighted by Gasteiger charge is -2.24. The Morgan fingerprint density at radius 3 is 2.60 bits per heavy atom. The van der Waals surface area contributed by atoms with Gasteiger partial charge in [-0.2, -0.15) is 0 Å². The lowest BCUT2D eigenvalue weighted by atomic mass is 9.96. The molecule has 1 aliphatic rings. The molecule has 11 heteroatoms. The van der Waals surface area contributed by atoms with Crippen LogP contribution in [0.4, 0.5) is 0 Å². The second-order valence-corrected chi connectivity index (χ2v) is 12.0. The van der Waals surface area contributed by atoms with Crippen LogP contribution in [0.2, 0.25) is 10.0 Å². The van der Waals surface area contributed by atoms with Crippen molar-refractivity contribution in [3.05, 3.63) is 123 Å². The zero-order chi connectivity index (χ0) is 30.0. The standard InChI is InChI=1S/C31H25BrCl2N2O5S/c1-4-40-30(38)26-17(2)35-31-36(27(26)19-8-6-5-7-9-19)29(37)25(42-31)14-18-12-22(32)28(24(13-18)39-3)41-16-20-10-11-21(33)15-23(20)34/h5-15,27H,4,16H2,1-3H3/b25-14-. The Kier molecular flexibility index (Phi) is 9.22. The third kappa shape index (κ3) is 6.06. The largest absolute Gasteiger partial charge is 0.493 e. The first-order valence-electron chi connectivity index (χ1n) is 12.9. The molecule has 0 N–H and O–H groups in total. The maximum atomic E-state index is 13.9. The molecule has 5 rings (SSSR count). The minimum atomic E-state index is -0.666. The number of carbonyl (C=O) groups is 1. The number of nitrogens with zero attached hydrogens (tertiary/aromatic N) is 2. The number of hydrogen-bond acceptors (Lipinski definition) is 7. The van der Waals surface area contributed by atoms with Crippen LogP contribution >= 0.6 is 50.5 Å². The molecule has 0 aliphatic carbocycles. The Bertz CT molecular complexity index is 1890. The van der Waals surface area contributed by atoms with E-state index in [0.717, 1.165) is 11.1 Å². The SMILES string of the molecule is CCOC(=O)C1=C(C)N=c2s/c(=C\c3cc(Br)c(OCc4ccc(Cl)cc4Cl)c(OC)c3)c(=O)n2C1c1ccccc1. The van der Waals surface area contributed by atoms with Gasteiger partial charge in [-0.15, -0.1) is 0 Å². The number of esters is 1. The average molecular weight is 688 g/mol. The van der Waals surface area contributed by atoms with Gasteiger partial charge in [-0.1, -0.05) is 70.9 Å². The summed E-state index contributed by atoms with van der Waals surface area (Å²) in [5, 5.41) is 1.04. The summed E-state index contributed by atoms with van der Waals surface area (Å²) in [6.07, 6.45) is 1.77. The van der Waals surface area contributed by atoms with Crippen LogP contribution in [-0.4, -0.2) is 24.3 Å². The van der Waals surface area contributed by atoms with E-state index in [-0.39, 0.29) is 18.8 Å². The molecule has 1 unspecified atom stereocenters. The van der Waals surface area contributed by atoms with Crippen LogP contribution in [0.25, 0.3) is 6.08 Å². The van der Waals surface area contributed by atoms with Gasteiger partial charge >= 0.3 is 5.97 Å².